The molecule has 0 bridgehead atoms. The number of carbonyl (C=O) groups excluding carboxylic acids is 1. The van der Waals surface area contributed by atoms with Gasteiger partial charge < -0.3 is 10.7 Å². The van der Waals surface area contributed by atoms with Gasteiger partial charge in [-0.3, -0.25) is 9.69 Å². The summed E-state index contributed by atoms with van der Waals surface area (Å²) in [5, 5.41) is 4.28. The molecule has 3 heterocycles. The summed E-state index contributed by atoms with van der Waals surface area (Å²) in [5.41, 5.74) is 6.73. The van der Waals surface area contributed by atoms with Crippen molar-refractivity contribution in [1.82, 2.24) is 19.5 Å². The van der Waals surface area contributed by atoms with Crippen molar-refractivity contribution in [3.8, 4) is 0 Å². The van der Waals surface area contributed by atoms with Crippen LogP contribution in [0.5, 0.6) is 0 Å². The number of alkyl halides is 3. The Hall–Kier alpha value is -2.62. The van der Waals surface area contributed by atoms with Gasteiger partial charge in [0, 0.05) is 17.5 Å². The molecule has 0 aliphatic carbocycles. The molecular weight excluding hydrogens is 366 g/mol. The molecular formula is C17H17F4N5O. The van der Waals surface area contributed by atoms with Crippen molar-refractivity contribution in [3.63, 3.8) is 0 Å². The lowest BCUT2D eigenvalue weighted by Crippen LogP contribution is -2.35. The molecule has 0 spiro atoms. The van der Waals surface area contributed by atoms with E-state index in [4.69, 9.17) is 5.73 Å². The fourth-order valence-corrected chi connectivity index (χ4v) is 3.98. The standard InChI is InChI=1S/C17H17F4N5O/c1-16(2-3-25(7-16)8-17(19,20)21)11-6-23-26-13-10(14(22)27)4-9(18)5-12(13)24-15(11)26/h4-6,24H,2-3,7-8H2,1H3,(H2,22,27). The maximum atomic E-state index is 13.8. The summed E-state index contributed by atoms with van der Waals surface area (Å²) in [6.07, 6.45) is -2.15. The van der Waals surface area contributed by atoms with Gasteiger partial charge in [-0.25, -0.2) is 8.91 Å². The molecule has 0 radical (unpaired) electrons. The number of halogens is 4. The predicted molar refractivity (Wildman–Crippen MR) is 90.0 cm³/mol. The molecule has 1 aliphatic heterocycles. The number of nitrogens with one attached hydrogen (secondary N) is 1. The summed E-state index contributed by atoms with van der Waals surface area (Å²) in [6.45, 7) is 1.45. The largest absolute Gasteiger partial charge is 0.401 e. The molecule has 144 valence electrons. The van der Waals surface area contributed by atoms with Crippen LogP contribution in [-0.4, -0.2) is 51.2 Å². The molecule has 10 heteroatoms. The summed E-state index contributed by atoms with van der Waals surface area (Å²) in [7, 11) is 0. The van der Waals surface area contributed by atoms with Gasteiger partial charge in [0.05, 0.1) is 23.8 Å². The maximum absolute atomic E-state index is 13.8. The predicted octanol–water partition coefficient (Wildman–Crippen LogP) is 2.58. The molecule has 1 fully saturated rings. The zero-order valence-electron chi connectivity index (χ0n) is 14.4. The minimum atomic E-state index is -4.26. The number of fused-ring (bicyclic) bond motifs is 3. The van der Waals surface area contributed by atoms with Crippen molar-refractivity contribution < 1.29 is 22.4 Å². The third-order valence-electron chi connectivity index (χ3n) is 5.18. The van der Waals surface area contributed by atoms with Crippen LogP contribution >= 0.6 is 0 Å². The van der Waals surface area contributed by atoms with Crippen LogP contribution in [0.1, 0.15) is 29.3 Å². The van der Waals surface area contributed by atoms with Gasteiger partial charge in [-0.1, -0.05) is 6.92 Å². The van der Waals surface area contributed by atoms with Crippen LogP contribution < -0.4 is 5.73 Å². The van der Waals surface area contributed by atoms with E-state index in [2.05, 4.69) is 10.1 Å². The van der Waals surface area contributed by atoms with E-state index in [-0.39, 0.29) is 12.1 Å². The number of hydrogen-bond acceptors (Lipinski definition) is 3. The summed E-state index contributed by atoms with van der Waals surface area (Å²) in [5.74, 6) is -1.41. The summed E-state index contributed by atoms with van der Waals surface area (Å²) >= 11 is 0. The maximum Gasteiger partial charge on any atom is 0.401 e. The number of aromatic nitrogens is 3. The number of carbonyl (C=O) groups is 1. The van der Waals surface area contributed by atoms with Crippen molar-refractivity contribution >= 4 is 22.6 Å². The number of likely N-dealkylation sites (tertiary alicyclic amines) is 1. The molecule has 1 aromatic carbocycles. The van der Waals surface area contributed by atoms with Crippen molar-refractivity contribution in [1.29, 1.82) is 0 Å². The van der Waals surface area contributed by atoms with Gasteiger partial charge in [0.2, 0.25) is 0 Å². The molecule has 1 saturated heterocycles. The lowest BCUT2D eigenvalue weighted by Gasteiger charge is -2.24. The minimum absolute atomic E-state index is 0.0128. The molecule has 4 rings (SSSR count). The van der Waals surface area contributed by atoms with E-state index in [0.717, 1.165) is 11.6 Å². The second-order valence-corrected chi connectivity index (χ2v) is 7.29. The average Bonchev–Trinajstić information content (AvgIpc) is 3.18. The zero-order valence-corrected chi connectivity index (χ0v) is 14.4. The summed E-state index contributed by atoms with van der Waals surface area (Å²) in [4.78, 5) is 16.1. The van der Waals surface area contributed by atoms with E-state index in [1.807, 2.05) is 6.92 Å². The molecule has 2 aromatic heterocycles. The number of hydrogen-bond donors (Lipinski definition) is 2. The Morgan fingerprint density at radius 3 is 2.81 bits per heavy atom. The smallest absolute Gasteiger partial charge is 0.366 e. The molecule has 6 nitrogen and oxygen atoms in total. The highest BCUT2D eigenvalue weighted by molar-refractivity contribution is 6.05. The summed E-state index contributed by atoms with van der Waals surface area (Å²) in [6, 6.07) is 2.27. The second kappa shape index (κ2) is 5.69. The third-order valence-corrected chi connectivity index (χ3v) is 5.18. The number of nitrogens with zero attached hydrogens (tertiary/aromatic N) is 3. The van der Waals surface area contributed by atoms with Crippen molar-refractivity contribution in [3.05, 3.63) is 35.3 Å². The van der Waals surface area contributed by atoms with Gasteiger partial charge in [-0.2, -0.15) is 18.3 Å². The number of nitrogens with two attached hydrogens (primary N) is 1. The first kappa shape index (κ1) is 17.8. The molecule has 3 N–H and O–H groups in total. The first-order valence-corrected chi connectivity index (χ1v) is 8.36. The average molecular weight is 383 g/mol. The zero-order chi connectivity index (χ0) is 19.6. The molecule has 1 aliphatic rings. The van der Waals surface area contributed by atoms with Gasteiger partial charge >= 0.3 is 6.18 Å². The van der Waals surface area contributed by atoms with E-state index >= 15 is 0 Å². The van der Waals surface area contributed by atoms with E-state index in [0.29, 0.717) is 29.6 Å². The van der Waals surface area contributed by atoms with E-state index < -0.39 is 29.9 Å². The number of benzene rings is 1. The van der Waals surface area contributed by atoms with Crippen LogP contribution in [-0.2, 0) is 5.41 Å². The lowest BCUT2D eigenvalue weighted by atomic mass is 9.83. The number of amides is 1. The third kappa shape index (κ3) is 2.93. The molecule has 1 unspecified atom stereocenters. The fraction of sp³-hybridized carbons (Fsp3) is 0.412. The van der Waals surface area contributed by atoms with E-state index in [9.17, 15) is 22.4 Å². The molecule has 0 saturated carbocycles. The SMILES string of the molecule is CC1(c2cnn3c2[nH]c2cc(F)cc(C(N)=O)c23)CCN(CC(F)(F)F)C1. The quantitative estimate of drug-likeness (QED) is 0.683. The molecule has 1 amide bonds. The number of imidazole rings is 1. The van der Waals surface area contributed by atoms with Gasteiger partial charge in [0.1, 0.15) is 17.0 Å². The monoisotopic (exact) mass is 383 g/mol. The normalized spacial score (nSPS) is 21.5. The van der Waals surface area contributed by atoms with Crippen LogP contribution in [0.3, 0.4) is 0 Å². The Balaban J connectivity index is 1.80. The molecule has 3 aromatic rings. The highest BCUT2D eigenvalue weighted by Gasteiger charge is 2.42. The Labute approximate surface area is 150 Å². The second-order valence-electron chi connectivity index (χ2n) is 7.29. The van der Waals surface area contributed by atoms with Crippen molar-refractivity contribution in [2.45, 2.75) is 24.9 Å². The van der Waals surface area contributed by atoms with E-state index in [1.54, 1.807) is 6.20 Å². The van der Waals surface area contributed by atoms with Gasteiger partial charge in [0.25, 0.3) is 5.91 Å². The van der Waals surface area contributed by atoms with Crippen LogP contribution in [0.25, 0.3) is 16.7 Å². The van der Waals surface area contributed by atoms with Crippen molar-refractivity contribution in [2.75, 3.05) is 19.6 Å². The summed E-state index contributed by atoms with van der Waals surface area (Å²) < 4.78 is 53.4. The number of primary amides is 1. The highest BCUT2D eigenvalue weighted by atomic mass is 19.4. The Kier molecular flexibility index (Phi) is 3.74. The lowest BCUT2D eigenvalue weighted by molar-refractivity contribution is -0.143. The van der Waals surface area contributed by atoms with Crippen LogP contribution in [0.2, 0.25) is 0 Å². The Morgan fingerprint density at radius 1 is 1.41 bits per heavy atom. The fourth-order valence-electron chi connectivity index (χ4n) is 3.98. The Bertz CT molecular complexity index is 1050. The van der Waals surface area contributed by atoms with Gasteiger partial charge in [0.15, 0.2) is 0 Å². The minimum Gasteiger partial charge on any atom is -0.366 e. The van der Waals surface area contributed by atoms with Gasteiger partial charge in [-0.15, -0.1) is 0 Å². The number of aromatic amines is 1. The first-order valence-electron chi connectivity index (χ1n) is 8.36. The highest BCUT2D eigenvalue weighted by Crippen LogP contribution is 2.38. The number of rotatable bonds is 3. The Morgan fingerprint density at radius 2 is 2.15 bits per heavy atom. The van der Waals surface area contributed by atoms with Gasteiger partial charge in [-0.05, 0) is 25.1 Å². The first-order chi connectivity index (χ1) is 12.6. The van der Waals surface area contributed by atoms with Crippen LogP contribution in [0.15, 0.2) is 18.3 Å². The van der Waals surface area contributed by atoms with Crippen molar-refractivity contribution in [2.24, 2.45) is 5.73 Å². The number of H-pyrrole nitrogens is 1. The molecule has 1 atom stereocenters. The topological polar surface area (TPSA) is 79.4 Å². The molecule has 27 heavy (non-hydrogen) atoms. The van der Waals surface area contributed by atoms with Crippen LogP contribution in [0, 0.1) is 5.82 Å². The van der Waals surface area contributed by atoms with E-state index in [1.165, 1.54) is 15.5 Å². The van der Waals surface area contributed by atoms with Crippen LogP contribution in [0.4, 0.5) is 17.6 Å².